The van der Waals surface area contributed by atoms with Crippen molar-refractivity contribution >= 4 is 11.3 Å². The standard InChI is InChI=1S/C16H27N3S/c1-16(2,3)13-9-20-14(18-13)8-12(19-17)15-10-6-4-5-7-11(10)15/h9-12,15,19H,4-8,17H2,1-3H3. The Morgan fingerprint density at radius 1 is 1.35 bits per heavy atom. The van der Waals surface area contributed by atoms with E-state index in [0.29, 0.717) is 6.04 Å². The van der Waals surface area contributed by atoms with E-state index in [1.165, 1.54) is 36.4 Å². The van der Waals surface area contributed by atoms with Gasteiger partial charge in [-0.25, -0.2) is 4.98 Å². The van der Waals surface area contributed by atoms with Crippen molar-refractivity contribution in [2.45, 2.75) is 64.3 Å². The van der Waals surface area contributed by atoms with Crippen molar-refractivity contribution in [3.63, 3.8) is 0 Å². The summed E-state index contributed by atoms with van der Waals surface area (Å²) in [5.41, 5.74) is 4.44. The minimum absolute atomic E-state index is 0.147. The second-order valence-electron chi connectivity index (χ2n) is 7.54. The van der Waals surface area contributed by atoms with E-state index < -0.39 is 0 Å². The third-order valence-corrected chi connectivity index (χ3v) is 5.99. The quantitative estimate of drug-likeness (QED) is 0.662. The topological polar surface area (TPSA) is 50.9 Å². The molecule has 112 valence electrons. The van der Waals surface area contributed by atoms with Gasteiger partial charge < -0.3 is 0 Å². The number of hydrogen-bond acceptors (Lipinski definition) is 4. The number of aromatic nitrogens is 1. The molecule has 0 spiro atoms. The van der Waals surface area contributed by atoms with E-state index in [9.17, 15) is 0 Å². The first kappa shape index (κ1) is 14.5. The SMILES string of the molecule is CC(C)(C)c1csc(CC(NN)C2C3CCCCC32)n1. The van der Waals surface area contributed by atoms with E-state index in [1.807, 2.05) is 0 Å². The van der Waals surface area contributed by atoms with Crippen molar-refractivity contribution in [3.05, 3.63) is 16.1 Å². The Balaban J connectivity index is 1.65. The molecule has 3 rings (SSSR count). The number of rotatable bonds is 4. The van der Waals surface area contributed by atoms with Gasteiger partial charge in [-0.05, 0) is 30.6 Å². The fourth-order valence-electron chi connectivity index (χ4n) is 3.89. The van der Waals surface area contributed by atoms with Gasteiger partial charge in [0.25, 0.3) is 0 Å². The largest absolute Gasteiger partial charge is 0.271 e. The van der Waals surface area contributed by atoms with Gasteiger partial charge in [-0.3, -0.25) is 11.3 Å². The molecule has 1 aromatic heterocycles. The zero-order chi connectivity index (χ0) is 14.3. The third kappa shape index (κ3) is 2.78. The van der Waals surface area contributed by atoms with E-state index in [1.54, 1.807) is 11.3 Å². The van der Waals surface area contributed by atoms with Gasteiger partial charge in [0.1, 0.15) is 0 Å². The van der Waals surface area contributed by atoms with Crippen molar-refractivity contribution in [3.8, 4) is 0 Å². The molecule has 0 saturated heterocycles. The number of fused-ring (bicyclic) bond motifs is 1. The van der Waals surface area contributed by atoms with Crippen molar-refractivity contribution in [2.24, 2.45) is 23.6 Å². The van der Waals surface area contributed by atoms with Crippen LogP contribution in [-0.2, 0) is 11.8 Å². The van der Waals surface area contributed by atoms with Crippen molar-refractivity contribution < 1.29 is 0 Å². The summed E-state index contributed by atoms with van der Waals surface area (Å²) in [4.78, 5) is 4.82. The van der Waals surface area contributed by atoms with E-state index >= 15 is 0 Å². The summed E-state index contributed by atoms with van der Waals surface area (Å²) < 4.78 is 0. The normalized spacial score (nSPS) is 30.9. The summed E-state index contributed by atoms with van der Waals surface area (Å²) in [5, 5.41) is 3.45. The van der Waals surface area contributed by atoms with E-state index in [0.717, 1.165) is 24.2 Å². The smallest absolute Gasteiger partial charge is 0.0944 e. The molecular formula is C16H27N3S. The molecule has 0 radical (unpaired) electrons. The molecule has 0 amide bonds. The van der Waals surface area contributed by atoms with Gasteiger partial charge in [-0.1, -0.05) is 33.6 Å². The van der Waals surface area contributed by atoms with Crippen LogP contribution in [0.4, 0.5) is 0 Å². The molecule has 2 aliphatic carbocycles. The summed E-state index contributed by atoms with van der Waals surface area (Å²) in [5.74, 6) is 8.50. The zero-order valence-electron chi connectivity index (χ0n) is 12.9. The Morgan fingerprint density at radius 3 is 2.50 bits per heavy atom. The van der Waals surface area contributed by atoms with Gasteiger partial charge in [-0.2, -0.15) is 0 Å². The van der Waals surface area contributed by atoms with Crippen LogP contribution in [0.5, 0.6) is 0 Å². The minimum Gasteiger partial charge on any atom is -0.271 e. The molecule has 1 heterocycles. The molecular weight excluding hydrogens is 266 g/mol. The summed E-state index contributed by atoms with van der Waals surface area (Å²) in [7, 11) is 0. The van der Waals surface area contributed by atoms with Crippen LogP contribution in [0.2, 0.25) is 0 Å². The highest BCUT2D eigenvalue weighted by Gasteiger charge is 2.53. The first-order valence-corrected chi connectivity index (χ1v) is 8.79. The van der Waals surface area contributed by atoms with Gasteiger partial charge in [0, 0.05) is 23.3 Å². The van der Waals surface area contributed by atoms with Gasteiger partial charge in [0.05, 0.1) is 10.7 Å². The highest BCUT2D eigenvalue weighted by molar-refractivity contribution is 7.09. The van der Waals surface area contributed by atoms with Crippen molar-refractivity contribution in [1.82, 2.24) is 10.4 Å². The highest BCUT2D eigenvalue weighted by Crippen LogP contribution is 2.57. The summed E-state index contributed by atoms with van der Waals surface area (Å²) in [6.45, 7) is 6.67. The summed E-state index contributed by atoms with van der Waals surface area (Å²) in [6, 6.07) is 0.419. The maximum atomic E-state index is 5.84. The molecule has 2 fully saturated rings. The molecule has 2 saturated carbocycles. The number of nitrogens with one attached hydrogen (secondary N) is 1. The second-order valence-corrected chi connectivity index (χ2v) is 8.49. The first-order chi connectivity index (χ1) is 9.50. The van der Waals surface area contributed by atoms with E-state index in [2.05, 4.69) is 31.6 Å². The molecule has 0 aromatic carbocycles. The molecule has 1 aromatic rings. The summed E-state index contributed by atoms with van der Waals surface area (Å²) >= 11 is 1.79. The molecule has 3 atom stereocenters. The maximum Gasteiger partial charge on any atom is 0.0944 e. The predicted molar refractivity (Wildman–Crippen MR) is 84.6 cm³/mol. The zero-order valence-corrected chi connectivity index (χ0v) is 13.7. The number of nitrogens with two attached hydrogens (primary N) is 1. The molecule has 0 aliphatic heterocycles. The van der Waals surface area contributed by atoms with Crippen LogP contribution < -0.4 is 11.3 Å². The number of nitrogens with zero attached hydrogens (tertiary/aromatic N) is 1. The van der Waals surface area contributed by atoms with Gasteiger partial charge in [0.15, 0.2) is 0 Å². The van der Waals surface area contributed by atoms with E-state index in [-0.39, 0.29) is 5.41 Å². The van der Waals surface area contributed by atoms with Crippen molar-refractivity contribution in [1.29, 1.82) is 0 Å². The Labute approximate surface area is 126 Å². The van der Waals surface area contributed by atoms with Gasteiger partial charge in [-0.15, -0.1) is 11.3 Å². The minimum atomic E-state index is 0.147. The molecule has 0 bridgehead atoms. The Morgan fingerprint density at radius 2 is 2.00 bits per heavy atom. The molecule has 20 heavy (non-hydrogen) atoms. The van der Waals surface area contributed by atoms with Crippen LogP contribution in [0.1, 0.15) is 57.2 Å². The van der Waals surface area contributed by atoms with Crippen LogP contribution in [0.15, 0.2) is 5.38 Å². The average Bonchev–Trinajstić information content (AvgIpc) is 2.92. The highest BCUT2D eigenvalue weighted by atomic mass is 32.1. The van der Waals surface area contributed by atoms with Crippen LogP contribution in [-0.4, -0.2) is 11.0 Å². The third-order valence-electron chi connectivity index (χ3n) is 5.12. The lowest BCUT2D eigenvalue weighted by Gasteiger charge is -2.16. The van der Waals surface area contributed by atoms with Crippen LogP contribution >= 0.6 is 11.3 Å². The lowest BCUT2D eigenvalue weighted by Crippen LogP contribution is -2.39. The lowest BCUT2D eigenvalue weighted by molar-refractivity contribution is 0.435. The Kier molecular flexibility index (Phi) is 3.91. The number of thiazole rings is 1. The number of hydrazine groups is 1. The fourth-order valence-corrected chi connectivity index (χ4v) is 4.97. The fraction of sp³-hybridized carbons (Fsp3) is 0.812. The first-order valence-electron chi connectivity index (χ1n) is 7.91. The second kappa shape index (κ2) is 5.39. The number of hydrogen-bond donors (Lipinski definition) is 2. The Hall–Kier alpha value is -0.450. The van der Waals surface area contributed by atoms with Crippen LogP contribution in [0.3, 0.4) is 0 Å². The van der Waals surface area contributed by atoms with Crippen molar-refractivity contribution in [2.75, 3.05) is 0 Å². The summed E-state index contributed by atoms with van der Waals surface area (Å²) in [6.07, 6.45) is 6.66. The van der Waals surface area contributed by atoms with Crippen LogP contribution in [0, 0.1) is 17.8 Å². The molecule has 2 aliphatic rings. The van der Waals surface area contributed by atoms with Gasteiger partial charge >= 0.3 is 0 Å². The molecule has 3 nitrogen and oxygen atoms in total. The van der Waals surface area contributed by atoms with Crippen LogP contribution in [0.25, 0.3) is 0 Å². The maximum absolute atomic E-state index is 5.84. The van der Waals surface area contributed by atoms with Gasteiger partial charge in [0.2, 0.25) is 0 Å². The van der Waals surface area contributed by atoms with E-state index in [4.69, 9.17) is 10.8 Å². The lowest BCUT2D eigenvalue weighted by atomic mass is 9.93. The monoisotopic (exact) mass is 293 g/mol. The molecule has 3 unspecified atom stereocenters. The molecule has 4 heteroatoms. The predicted octanol–water partition coefficient (Wildman–Crippen LogP) is 3.25. The Bertz CT molecular complexity index is 451. The average molecular weight is 293 g/mol. The molecule has 3 N–H and O–H groups in total.